The zero-order valence-electron chi connectivity index (χ0n) is 24.9. The number of aliphatic hydroxyl groups is 1. The van der Waals surface area contributed by atoms with Gasteiger partial charge in [-0.1, -0.05) is 29.5 Å². The number of carbonyl (C=O) groups is 3. The van der Waals surface area contributed by atoms with Crippen LogP contribution >= 0.6 is 23.1 Å². The van der Waals surface area contributed by atoms with Gasteiger partial charge in [0.2, 0.25) is 11.0 Å². The van der Waals surface area contributed by atoms with Crippen molar-refractivity contribution in [3.63, 3.8) is 0 Å². The highest BCUT2D eigenvalue weighted by Gasteiger charge is 2.64. The quantitative estimate of drug-likeness (QED) is 0.336. The molecule has 2 aromatic rings. The molecule has 2 aliphatic heterocycles. The minimum atomic E-state index is -2.27. The van der Waals surface area contributed by atoms with Crippen LogP contribution in [0, 0.1) is 6.92 Å². The van der Waals surface area contributed by atoms with Crippen molar-refractivity contribution >= 4 is 57.0 Å². The van der Waals surface area contributed by atoms with Crippen LogP contribution in [0.25, 0.3) is 6.08 Å². The molecule has 1 fully saturated rings. The molecule has 4 rings (SSSR count). The zero-order chi connectivity index (χ0) is 32.2. The lowest BCUT2D eigenvalue weighted by Gasteiger charge is -2.39. The van der Waals surface area contributed by atoms with Gasteiger partial charge in [0.15, 0.2) is 11.5 Å². The molecule has 5 atom stereocenters. The standard InChI is InChI=1S/C29H34N2O10S3/c1-17-10-11-29(28(4,36)26(34)43-15-23-19(3)40-27(35)41-23)13-24(33)31(44(29)37)18(2)25-30-20(14-42-25)8-6-7-9-21(32)22(12-17)39-16-38-5/h6-9,12,14,18,22,36H,10-11,13,15-16H2,1-5H3/b8-6-,9-7+,17-12+/t18-,22-,28+,29-,44+/m1/s1. The van der Waals surface area contributed by atoms with Crippen LogP contribution in [0.15, 0.2) is 48.9 Å². The van der Waals surface area contributed by atoms with E-state index in [1.54, 1.807) is 43.5 Å². The summed E-state index contributed by atoms with van der Waals surface area (Å²) in [6.07, 6.45) is 6.67. The van der Waals surface area contributed by atoms with Crippen molar-refractivity contribution < 1.29 is 42.0 Å². The molecule has 1 N–H and O–H groups in total. The van der Waals surface area contributed by atoms with Gasteiger partial charge in [0.25, 0.3) is 0 Å². The predicted molar refractivity (Wildman–Crippen MR) is 165 cm³/mol. The van der Waals surface area contributed by atoms with Crippen molar-refractivity contribution in [2.75, 3.05) is 13.9 Å². The Morgan fingerprint density at radius 3 is 2.68 bits per heavy atom. The number of nitrogens with zero attached hydrogens (tertiary/aromatic N) is 2. The average Bonchev–Trinajstić information content (AvgIpc) is 3.65. The number of hydrogen-bond donors (Lipinski definition) is 1. The second kappa shape index (κ2) is 14.0. The Hall–Kier alpha value is -2.95. The lowest BCUT2D eigenvalue weighted by atomic mass is 9.81. The summed E-state index contributed by atoms with van der Waals surface area (Å²) in [5, 5.41) is 13.5. The Balaban J connectivity index is 1.75. The summed E-state index contributed by atoms with van der Waals surface area (Å²) >= 11 is 1.94. The number of amides is 1. The fourth-order valence-corrected chi connectivity index (χ4v) is 8.85. The lowest BCUT2D eigenvalue weighted by molar-refractivity contribution is -0.132. The minimum absolute atomic E-state index is 0.0400. The van der Waals surface area contributed by atoms with Crippen molar-refractivity contribution in [2.45, 2.75) is 75.2 Å². The maximum Gasteiger partial charge on any atom is 0.519 e. The largest absolute Gasteiger partial charge is 0.519 e. The molecule has 0 spiro atoms. The van der Waals surface area contributed by atoms with Crippen LogP contribution in [0.3, 0.4) is 0 Å². The van der Waals surface area contributed by atoms with Crippen molar-refractivity contribution in [2.24, 2.45) is 0 Å². The number of thiazole rings is 1. The minimum Gasteiger partial charge on any atom is -0.396 e. The van der Waals surface area contributed by atoms with E-state index >= 15 is 0 Å². The molecule has 4 heterocycles. The predicted octanol–water partition coefficient (Wildman–Crippen LogP) is 3.77. The molecule has 0 unspecified atom stereocenters. The zero-order valence-corrected chi connectivity index (χ0v) is 27.3. The number of thioether (sulfide) groups is 1. The number of rotatable bonds is 7. The topological polar surface area (TPSA) is 166 Å². The van der Waals surface area contributed by atoms with Crippen LogP contribution < -0.4 is 5.82 Å². The van der Waals surface area contributed by atoms with Crippen LogP contribution in [-0.2, 0) is 40.6 Å². The van der Waals surface area contributed by atoms with E-state index in [0.29, 0.717) is 28.0 Å². The van der Waals surface area contributed by atoms with Gasteiger partial charge in [-0.05, 0) is 58.8 Å². The molecule has 238 valence electrons. The third kappa shape index (κ3) is 6.97. The number of aryl methyl sites for hydroxylation is 1. The monoisotopic (exact) mass is 666 g/mol. The Morgan fingerprint density at radius 2 is 2.00 bits per heavy atom. The fourth-order valence-electron chi connectivity index (χ4n) is 4.91. The Kier molecular flexibility index (Phi) is 10.8. The first-order valence-electron chi connectivity index (χ1n) is 13.7. The van der Waals surface area contributed by atoms with Crippen molar-refractivity contribution in [3.05, 3.63) is 68.1 Å². The van der Waals surface area contributed by atoms with Crippen LogP contribution in [0.2, 0.25) is 0 Å². The molecule has 15 heteroatoms. The molecule has 12 nitrogen and oxygen atoms in total. The third-order valence-electron chi connectivity index (χ3n) is 7.54. The van der Waals surface area contributed by atoms with E-state index in [4.69, 9.17) is 18.3 Å². The number of allylic oxidation sites excluding steroid dienone is 3. The number of methoxy groups -OCH3 is 1. The van der Waals surface area contributed by atoms with E-state index in [9.17, 15) is 28.5 Å². The van der Waals surface area contributed by atoms with Crippen molar-refractivity contribution in [1.82, 2.24) is 9.29 Å². The molecule has 0 saturated carbocycles. The third-order valence-corrected chi connectivity index (χ3v) is 11.9. The summed E-state index contributed by atoms with van der Waals surface area (Å²) in [4.78, 5) is 56.2. The first-order chi connectivity index (χ1) is 20.8. The van der Waals surface area contributed by atoms with Gasteiger partial charge >= 0.3 is 5.82 Å². The van der Waals surface area contributed by atoms with Crippen LogP contribution in [0.1, 0.15) is 68.3 Å². The summed E-state index contributed by atoms with van der Waals surface area (Å²) in [5.41, 5.74) is -1.04. The van der Waals surface area contributed by atoms with Gasteiger partial charge in [0.05, 0.1) is 23.9 Å². The highest BCUT2D eigenvalue weighted by Crippen LogP contribution is 2.48. The van der Waals surface area contributed by atoms with E-state index in [0.717, 1.165) is 0 Å². The number of aromatic nitrogens is 1. The summed E-state index contributed by atoms with van der Waals surface area (Å²) in [7, 11) is -0.750. The Labute approximate surface area is 264 Å². The summed E-state index contributed by atoms with van der Waals surface area (Å²) in [6.45, 7) is 6.07. The molecule has 4 bridgehead atoms. The number of carbonyl (C=O) groups excluding carboxylic acids is 3. The second-order valence-corrected chi connectivity index (χ2v) is 14.1. The van der Waals surface area contributed by atoms with Gasteiger partial charge in [0.1, 0.15) is 45.0 Å². The number of fused-ring (bicyclic) bond motifs is 4. The van der Waals surface area contributed by atoms with E-state index in [1.807, 2.05) is 0 Å². The smallest absolute Gasteiger partial charge is 0.396 e. The molecule has 2 aliphatic rings. The molecule has 0 aromatic carbocycles. The molecular formula is C29H34N2O10S3. The van der Waals surface area contributed by atoms with Crippen LogP contribution in [-0.4, -0.2) is 65.8 Å². The molecule has 44 heavy (non-hydrogen) atoms. The van der Waals surface area contributed by atoms with Crippen molar-refractivity contribution in [3.8, 4) is 0 Å². The highest BCUT2D eigenvalue weighted by molar-refractivity contribution is 8.13. The average molecular weight is 667 g/mol. The molecule has 0 radical (unpaired) electrons. The fraction of sp³-hybridized carbons (Fsp3) is 0.483. The normalized spacial score (nSPS) is 28.6. The van der Waals surface area contributed by atoms with Gasteiger partial charge in [-0.25, -0.2) is 14.0 Å². The maximum atomic E-state index is 14.4. The second-order valence-electron chi connectivity index (χ2n) is 10.6. The SMILES string of the molecule is COCO[C@@H]1/C=C(\C)CC[C@]2([C@@](C)(O)C(=O)SCc3oc(=O)oc3C)CC(=O)N([C@H](C)c3nc(cs3)/C=C\C=C\C1=O)[S@]2=O. The first-order valence-corrected chi connectivity index (χ1v) is 16.6. The first kappa shape index (κ1) is 33.9. The Morgan fingerprint density at radius 1 is 1.27 bits per heavy atom. The molecule has 0 aliphatic carbocycles. The van der Waals surface area contributed by atoms with Gasteiger partial charge in [-0.2, -0.15) is 0 Å². The van der Waals surface area contributed by atoms with E-state index in [1.165, 1.54) is 42.7 Å². The number of ether oxygens (including phenoxy) is 2. The van der Waals surface area contributed by atoms with E-state index in [2.05, 4.69) is 4.98 Å². The van der Waals surface area contributed by atoms with E-state index < -0.39 is 50.3 Å². The number of ketones is 1. The summed E-state index contributed by atoms with van der Waals surface area (Å²) in [6, 6.07) is -0.713. The molecule has 2 aromatic heterocycles. The number of hydrogen-bond acceptors (Lipinski definition) is 13. The molecule has 1 saturated heterocycles. The maximum absolute atomic E-state index is 14.4. The summed E-state index contributed by atoms with van der Waals surface area (Å²) in [5.74, 6) is -1.56. The van der Waals surface area contributed by atoms with Gasteiger partial charge in [0, 0.05) is 12.5 Å². The van der Waals surface area contributed by atoms with Gasteiger partial charge in [-0.3, -0.25) is 18.7 Å². The van der Waals surface area contributed by atoms with Gasteiger partial charge in [-0.15, -0.1) is 11.3 Å². The van der Waals surface area contributed by atoms with Crippen LogP contribution in [0.4, 0.5) is 0 Å². The molecule has 1 amide bonds. The van der Waals surface area contributed by atoms with Crippen molar-refractivity contribution in [1.29, 1.82) is 0 Å². The van der Waals surface area contributed by atoms with Gasteiger partial charge < -0.3 is 23.4 Å². The Bertz CT molecular complexity index is 1580. The van der Waals surface area contributed by atoms with Crippen LogP contribution in [0.5, 0.6) is 0 Å². The van der Waals surface area contributed by atoms with E-state index in [-0.39, 0.29) is 49.1 Å². The highest BCUT2D eigenvalue weighted by atomic mass is 32.2. The summed E-state index contributed by atoms with van der Waals surface area (Å²) < 4.78 is 34.3. The lowest BCUT2D eigenvalue weighted by Crippen LogP contribution is -2.58. The molecular weight excluding hydrogens is 633 g/mol.